The normalized spacial score (nSPS) is 14.0. The number of H-pyrrole nitrogens is 2. The second-order valence-electron chi connectivity index (χ2n) is 4.41. The minimum atomic E-state index is -1.16. The van der Waals surface area contributed by atoms with Gasteiger partial charge in [-0.15, -0.1) is 0 Å². The zero-order valence-corrected chi connectivity index (χ0v) is 12.5. The fourth-order valence-electron chi connectivity index (χ4n) is 1.64. The van der Waals surface area contributed by atoms with Gasteiger partial charge in [-0.05, 0) is 13.0 Å². The second kappa shape index (κ2) is 7.70. The molecule has 1 aromatic rings. The van der Waals surface area contributed by atoms with Crippen LogP contribution >= 0.6 is 0 Å². The molecule has 0 aliphatic heterocycles. The molecule has 0 saturated heterocycles. The van der Waals surface area contributed by atoms with Crippen LogP contribution in [-0.2, 0) is 15.6 Å². The minimum Gasteiger partial charge on any atom is -0.394 e. The van der Waals surface area contributed by atoms with Crippen LogP contribution in [0.25, 0.3) is 6.08 Å². The predicted molar refractivity (Wildman–Crippen MR) is 79.4 cm³/mol. The molecule has 0 bridgehead atoms. The highest BCUT2D eigenvalue weighted by Gasteiger charge is 2.11. The van der Waals surface area contributed by atoms with Crippen LogP contribution in [0.4, 0.5) is 0 Å². The Balaban J connectivity index is 2.81. The second-order valence-corrected chi connectivity index (χ2v) is 5.89. The van der Waals surface area contributed by atoms with Gasteiger partial charge in [0.2, 0.25) is 5.91 Å². The van der Waals surface area contributed by atoms with Crippen molar-refractivity contribution in [2.75, 3.05) is 18.6 Å². The maximum atomic E-state index is 11.7. The maximum Gasteiger partial charge on any atom is 0.325 e. The van der Waals surface area contributed by atoms with E-state index in [1.807, 2.05) is 0 Å². The van der Waals surface area contributed by atoms with Crippen molar-refractivity contribution >= 4 is 22.8 Å². The van der Waals surface area contributed by atoms with E-state index in [0.29, 0.717) is 5.69 Å². The Bertz CT molecular complexity index is 676. The summed E-state index contributed by atoms with van der Waals surface area (Å²) >= 11 is 0. The van der Waals surface area contributed by atoms with Crippen molar-refractivity contribution in [2.45, 2.75) is 13.0 Å². The Morgan fingerprint density at radius 2 is 2.10 bits per heavy atom. The SMILES string of the molecule is Cc1[nH]c(=O)[nH]c(=O)c1/C=C/C(=O)N[C@H](CO)C[S@](C)=O. The molecule has 21 heavy (non-hydrogen) atoms. The molecule has 0 unspecified atom stereocenters. The molecule has 9 heteroatoms. The summed E-state index contributed by atoms with van der Waals surface area (Å²) in [7, 11) is -1.16. The van der Waals surface area contributed by atoms with Crippen LogP contribution in [0, 0.1) is 6.92 Å². The third-order valence-electron chi connectivity index (χ3n) is 2.58. The van der Waals surface area contributed by atoms with Crippen LogP contribution in [0.15, 0.2) is 15.7 Å². The third kappa shape index (κ3) is 5.48. The van der Waals surface area contributed by atoms with Gasteiger partial charge in [-0.1, -0.05) is 0 Å². The molecule has 1 rings (SSSR count). The summed E-state index contributed by atoms with van der Waals surface area (Å²) < 4.78 is 11.0. The number of aliphatic hydroxyl groups excluding tert-OH is 1. The van der Waals surface area contributed by atoms with Gasteiger partial charge < -0.3 is 15.4 Å². The van der Waals surface area contributed by atoms with Gasteiger partial charge >= 0.3 is 5.69 Å². The molecular weight excluding hydrogens is 298 g/mol. The molecule has 1 aromatic heterocycles. The van der Waals surface area contributed by atoms with E-state index in [1.165, 1.54) is 19.3 Å². The number of amides is 1. The van der Waals surface area contributed by atoms with Crippen molar-refractivity contribution in [3.05, 3.63) is 38.2 Å². The first-order valence-electron chi connectivity index (χ1n) is 6.06. The van der Waals surface area contributed by atoms with Crippen LogP contribution in [0.5, 0.6) is 0 Å². The van der Waals surface area contributed by atoms with Gasteiger partial charge in [0.25, 0.3) is 5.56 Å². The zero-order valence-electron chi connectivity index (χ0n) is 11.6. The van der Waals surface area contributed by atoms with Gasteiger partial charge in [-0.25, -0.2) is 4.79 Å². The summed E-state index contributed by atoms with van der Waals surface area (Å²) in [6, 6.07) is -0.622. The number of hydrogen-bond donors (Lipinski definition) is 4. The van der Waals surface area contributed by atoms with Crippen molar-refractivity contribution in [3.8, 4) is 0 Å². The lowest BCUT2D eigenvalue weighted by Gasteiger charge is -2.13. The van der Waals surface area contributed by atoms with Crippen molar-refractivity contribution < 1.29 is 14.1 Å². The molecule has 1 heterocycles. The lowest BCUT2D eigenvalue weighted by Crippen LogP contribution is -2.40. The van der Waals surface area contributed by atoms with Crippen molar-refractivity contribution in [1.29, 1.82) is 0 Å². The largest absolute Gasteiger partial charge is 0.394 e. The summed E-state index contributed by atoms with van der Waals surface area (Å²) in [6.07, 6.45) is 3.84. The van der Waals surface area contributed by atoms with E-state index in [0.717, 1.165) is 6.08 Å². The molecule has 0 spiro atoms. The number of aromatic amines is 2. The highest BCUT2D eigenvalue weighted by molar-refractivity contribution is 7.84. The predicted octanol–water partition coefficient (Wildman–Crippen LogP) is -1.76. The lowest BCUT2D eigenvalue weighted by atomic mass is 10.2. The van der Waals surface area contributed by atoms with E-state index in [1.54, 1.807) is 0 Å². The average Bonchev–Trinajstić information content (AvgIpc) is 2.35. The summed E-state index contributed by atoms with van der Waals surface area (Å²) in [5, 5.41) is 11.5. The quantitative estimate of drug-likeness (QED) is 0.462. The topological polar surface area (TPSA) is 132 Å². The van der Waals surface area contributed by atoms with Gasteiger partial charge in [0.1, 0.15) is 0 Å². The average molecular weight is 315 g/mol. The van der Waals surface area contributed by atoms with E-state index >= 15 is 0 Å². The van der Waals surface area contributed by atoms with Crippen molar-refractivity contribution in [2.24, 2.45) is 0 Å². The van der Waals surface area contributed by atoms with E-state index in [-0.39, 0.29) is 17.9 Å². The number of carbonyl (C=O) groups excluding carboxylic acids is 1. The zero-order chi connectivity index (χ0) is 16.0. The summed E-state index contributed by atoms with van der Waals surface area (Å²) in [5.74, 6) is -0.404. The summed E-state index contributed by atoms with van der Waals surface area (Å²) in [4.78, 5) is 38.7. The Morgan fingerprint density at radius 1 is 1.43 bits per heavy atom. The number of aliphatic hydroxyl groups is 1. The first-order valence-corrected chi connectivity index (χ1v) is 7.79. The van der Waals surface area contributed by atoms with Crippen LogP contribution < -0.4 is 16.6 Å². The minimum absolute atomic E-state index is 0.133. The maximum absolute atomic E-state index is 11.7. The molecular formula is C12H17N3O5S. The lowest BCUT2D eigenvalue weighted by molar-refractivity contribution is -0.117. The number of nitrogens with one attached hydrogen (secondary N) is 3. The van der Waals surface area contributed by atoms with E-state index in [2.05, 4.69) is 15.3 Å². The third-order valence-corrected chi connectivity index (χ3v) is 3.45. The van der Waals surface area contributed by atoms with Gasteiger partial charge in [0.05, 0.1) is 18.2 Å². The Kier molecular flexibility index (Phi) is 6.25. The smallest absolute Gasteiger partial charge is 0.325 e. The molecule has 1 amide bonds. The van der Waals surface area contributed by atoms with E-state index in [9.17, 15) is 18.6 Å². The highest BCUT2D eigenvalue weighted by atomic mass is 32.2. The number of aromatic nitrogens is 2. The van der Waals surface area contributed by atoms with Crippen LogP contribution in [-0.4, -0.2) is 49.8 Å². The fourth-order valence-corrected chi connectivity index (χ4v) is 2.40. The van der Waals surface area contributed by atoms with E-state index < -0.39 is 34.0 Å². The molecule has 0 radical (unpaired) electrons. The number of rotatable bonds is 6. The van der Waals surface area contributed by atoms with Crippen LogP contribution in [0.1, 0.15) is 11.3 Å². The van der Waals surface area contributed by atoms with Gasteiger partial charge in [-0.3, -0.25) is 18.8 Å². The first-order chi connectivity index (χ1) is 9.83. The van der Waals surface area contributed by atoms with Gasteiger partial charge in [0, 0.05) is 34.6 Å². The molecule has 2 atom stereocenters. The molecule has 0 aromatic carbocycles. The molecule has 0 aliphatic carbocycles. The van der Waals surface area contributed by atoms with Crippen molar-refractivity contribution in [3.63, 3.8) is 0 Å². The Labute approximate surface area is 122 Å². The van der Waals surface area contributed by atoms with Gasteiger partial charge in [0.15, 0.2) is 0 Å². The molecule has 4 N–H and O–H groups in total. The molecule has 116 valence electrons. The monoisotopic (exact) mass is 315 g/mol. The number of carbonyl (C=O) groups is 1. The van der Waals surface area contributed by atoms with Gasteiger partial charge in [-0.2, -0.15) is 0 Å². The molecule has 8 nitrogen and oxygen atoms in total. The van der Waals surface area contributed by atoms with Crippen molar-refractivity contribution in [1.82, 2.24) is 15.3 Å². The first kappa shape index (κ1) is 17.1. The van der Waals surface area contributed by atoms with E-state index in [4.69, 9.17) is 5.11 Å². The highest BCUT2D eigenvalue weighted by Crippen LogP contribution is 1.98. The summed E-state index contributed by atoms with van der Waals surface area (Å²) in [6.45, 7) is 1.20. The standard InChI is InChI=1S/C12H17N3O5S/c1-7-9(11(18)15-12(19)13-7)3-4-10(17)14-8(5-16)6-21(2)20/h3-4,8,16H,5-6H2,1-2H3,(H,14,17)(H2,13,15,18,19)/b4-3+/t8-,21+/m1/s1. The number of aryl methyl sites for hydroxylation is 1. The summed E-state index contributed by atoms with van der Waals surface area (Å²) in [5.41, 5.74) is -0.732. The Morgan fingerprint density at radius 3 is 2.62 bits per heavy atom. The van der Waals surface area contributed by atoms with Crippen LogP contribution in [0.3, 0.4) is 0 Å². The molecule has 0 fully saturated rings. The fraction of sp³-hybridized carbons (Fsp3) is 0.417. The van der Waals surface area contributed by atoms with Crippen LogP contribution in [0.2, 0.25) is 0 Å². The molecule has 0 saturated carbocycles. The Hall–Kier alpha value is -2.00. The number of hydrogen-bond acceptors (Lipinski definition) is 5. The molecule has 0 aliphatic rings.